The predicted octanol–water partition coefficient (Wildman–Crippen LogP) is -1.35. The molecular formula is C16H18ClNO5. The minimum Gasteiger partial charge on any atom is -1.00 e. The molecule has 124 valence electrons. The summed E-state index contributed by atoms with van der Waals surface area (Å²) in [6.45, 7) is 2.47. The number of benzene rings is 1. The van der Waals surface area contributed by atoms with E-state index in [1.54, 1.807) is 17.7 Å². The van der Waals surface area contributed by atoms with Crippen LogP contribution < -0.4 is 17.0 Å². The first-order chi connectivity index (χ1) is 10.5. The standard InChI is InChI=1S/C16H17NO5.ClH/c1-11-15(20)14(19)7-9-17(11)8-2-10-22-16(21)12-3-5-13(18)6-4-12;/h3-7,9H,2,8,10H2,1H3,(H2,18,20,21);1H. The minimum atomic E-state index is -0.449. The summed E-state index contributed by atoms with van der Waals surface area (Å²) in [4.78, 5) is 11.7. The molecule has 0 aliphatic heterocycles. The van der Waals surface area contributed by atoms with Crippen LogP contribution in [0.25, 0.3) is 0 Å². The van der Waals surface area contributed by atoms with Crippen molar-refractivity contribution in [1.82, 2.24) is 0 Å². The molecule has 1 heterocycles. The highest BCUT2D eigenvalue weighted by atomic mass is 35.5. The lowest BCUT2D eigenvalue weighted by atomic mass is 10.2. The molecule has 6 nitrogen and oxygen atoms in total. The Hall–Kier alpha value is -2.47. The second kappa shape index (κ2) is 8.24. The van der Waals surface area contributed by atoms with Gasteiger partial charge in [0, 0.05) is 19.4 Å². The van der Waals surface area contributed by atoms with Gasteiger partial charge in [-0.2, -0.15) is 4.57 Å². The number of carbonyl (C=O) groups is 1. The number of halogens is 1. The summed E-state index contributed by atoms with van der Waals surface area (Å²) < 4.78 is 6.91. The van der Waals surface area contributed by atoms with Gasteiger partial charge in [0.15, 0.2) is 18.5 Å². The fraction of sp³-hybridized carbons (Fsp3) is 0.250. The SMILES string of the molecule is Cc1c(O)c(O)cc[n+]1CCCOC(=O)c1ccc(O)cc1.[Cl-]. The van der Waals surface area contributed by atoms with Crippen molar-refractivity contribution >= 4 is 5.97 Å². The molecule has 2 rings (SSSR count). The van der Waals surface area contributed by atoms with E-state index in [1.165, 1.54) is 30.3 Å². The van der Waals surface area contributed by atoms with Gasteiger partial charge in [0.1, 0.15) is 5.75 Å². The van der Waals surface area contributed by atoms with Crippen LogP contribution in [0.4, 0.5) is 0 Å². The third-order valence-corrected chi connectivity index (χ3v) is 3.31. The second-order valence-corrected chi connectivity index (χ2v) is 4.86. The molecule has 0 radical (unpaired) electrons. The third kappa shape index (κ3) is 4.75. The van der Waals surface area contributed by atoms with Crippen LogP contribution in [0, 0.1) is 6.92 Å². The molecule has 0 aliphatic carbocycles. The zero-order chi connectivity index (χ0) is 16.1. The Balaban J connectivity index is 0.00000264. The van der Waals surface area contributed by atoms with Crippen molar-refractivity contribution in [2.75, 3.05) is 6.61 Å². The maximum atomic E-state index is 11.7. The lowest BCUT2D eigenvalue weighted by molar-refractivity contribution is -0.703. The van der Waals surface area contributed by atoms with Gasteiger partial charge in [-0.1, -0.05) is 0 Å². The minimum absolute atomic E-state index is 0. The van der Waals surface area contributed by atoms with Crippen molar-refractivity contribution in [2.24, 2.45) is 0 Å². The second-order valence-electron chi connectivity index (χ2n) is 4.86. The highest BCUT2D eigenvalue weighted by Crippen LogP contribution is 2.24. The van der Waals surface area contributed by atoms with Gasteiger partial charge in [-0.3, -0.25) is 0 Å². The number of aromatic nitrogens is 1. The van der Waals surface area contributed by atoms with Gasteiger partial charge in [-0.15, -0.1) is 0 Å². The van der Waals surface area contributed by atoms with E-state index in [0.717, 1.165) is 0 Å². The van der Waals surface area contributed by atoms with Crippen LogP contribution in [-0.4, -0.2) is 27.9 Å². The maximum absolute atomic E-state index is 11.7. The van der Waals surface area contributed by atoms with E-state index in [4.69, 9.17) is 9.84 Å². The fourth-order valence-electron chi connectivity index (χ4n) is 2.00. The quantitative estimate of drug-likeness (QED) is 0.356. The molecule has 0 spiro atoms. The number of aromatic hydroxyl groups is 3. The number of phenolic OH excluding ortho intramolecular Hbond substituents is 1. The van der Waals surface area contributed by atoms with E-state index in [2.05, 4.69) is 0 Å². The molecule has 1 aromatic heterocycles. The Morgan fingerprint density at radius 3 is 2.43 bits per heavy atom. The number of phenols is 1. The molecule has 23 heavy (non-hydrogen) atoms. The molecule has 0 unspecified atom stereocenters. The highest BCUT2D eigenvalue weighted by Gasteiger charge is 2.15. The lowest BCUT2D eigenvalue weighted by Gasteiger charge is -2.05. The van der Waals surface area contributed by atoms with E-state index in [-0.39, 0.29) is 36.3 Å². The van der Waals surface area contributed by atoms with Crippen molar-refractivity contribution in [3.8, 4) is 17.2 Å². The summed E-state index contributed by atoms with van der Waals surface area (Å²) in [6, 6.07) is 7.25. The Bertz CT molecular complexity index is 673. The molecule has 0 saturated carbocycles. The van der Waals surface area contributed by atoms with Crippen LogP contribution in [0.5, 0.6) is 17.2 Å². The van der Waals surface area contributed by atoms with Gasteiger partial charge in [-0.25, -0.2) is 4.79 Å². The summed E-state index contributed by atoms with van der Waals surface area (Å²) in [6.07, 6.45) is 2.23. The average molecular weight is 340 g/mol. The Morgan fingerprint density at radius 2 is 1.78 bits per heavy atom. The molecule has 0 fully saturated rings. The Morgan fingerprint density at radius 1 is 1.13 bits per heavy atom. The molecule has 0 amide bonds. The average Bonchev–Trinajstić information content (AvgIpc) is 2.51. The topological polar surface area (TPSA) is 90.9 Å². The molecule has 0 bridgehead atoms. The molecule has 7 heteroatoms. The van der Waals surface area contributed by atoms with E-state index in [1.807, 2.05) is 0 Å². The molecule has 0 saturated heterocycles. The van der Waals surface area contributed by atoms with Crippen molar-refractivity contribution in [1.29, 1.82) is 0 Å². The summed E-state index contributed by atoms with van der Waals surface area (Å²) in [5.74, 6) is -0.665. The number of esters is 1. The van der Waals surface area contributed by atoms with E-state index in [0.29, 0.717) is 24.2 Å². The number of hydrogen-bond donors (Lipinski definition) is 3. The molecule has 3 N–H and O–H groups in total. The predicted molar refractivity (Wildman–Crippen MR) is 77.7 cm³/mol. The molecule has 1 aromatic carbocycles. The van der Waals surface area contributed by atoms with Crippen molar-refractivity contribution in [3.05, 3.63) is 47.8 Å². The van der Waals surface area contributed by atoms with Gasteiger partial charge in [0.25, 0.3) is 0 Å². The van der Waals surface area contributed by atoms with Crippen LogP contribution in [0.3, 0.4) is 0 Å². The van der Waals surface area contributed by atoms with Crippen LogP contribution in [-0.2, 0) is 11.3 Å². The first-order valence-electron chi connectivity index (χ1n) is 6.86. The van der Waals surface area contributed by atoms with Gasteiger partial charge in [0.2, 0.25) is 11.4 Å². The molecular weight excluding hydrogens is 322 g/mol. The number of pyridine rings is 1. The van der Waals surface area contributed by atoms with Gasteiger partial charge in [-0.05, 0) is 24.3 Å². The zero-order valence-electron chi connectivity index (χ0n) is 12.6. The summed E-state index contributed by atoms with van der Waals surface area (Å²) >= 11 is 0. The van der Waals surface area contributed by atoms with E-state index in [9.17, 15) is 15.0 Å². The fourth-order valence-corrected chi connectivity index (χ4v) is 2.00. The zero-order valence-corrected chi connectivity index (χ0v) is 13.3. The number of nitrogens with zero attached hydrogens (tertiary/aromatic N) is 1. The largest absolute Gasteiger partial charge is 1.00 e. The number of ether oxygens (including phenoxy) is 1. The van der Waals surface area contributed by atoms with Crippen LogP contribution >= 0.6 is 0 Å². The van der Waals surface area contributed by atoms with Gasteiger partial charge >= 0.3 is 5.97 Å². The normalized spacial score (nSPS) is 9.96. The van der Waals surface area contributed by atoms with Crippen molar-refractivity contribution < 1.29 is 41.8 Å². The third-order valence-electron chi connectivity index (χ3n) is 3.31. The first kappa shape index (κ1) is 18.6. The molecule has 0 atom stereocenters. The molecule has 2 aromatic rings. The molecule has 0 aliphatic rings. The smallest absolute Gasteiger partial charge is 0.338 e. The Labute approximate surface area is 140 Å². The summed E-state index contributed by atoms with van der Waals surface area (Å²) in [5.41, 5.74) is 0.925. The monoisotopic (exact) mass is 339 g/mol. The Kier molecular flexibility index (Phi) is 6.65. The maximum Gasteiger partial charge on any atom is 0.338 e. The number of carbonyl (C=O) groups excluding carboxylic acids is 1. The van der Waals surface area contributed by atoms with Crippen LogP contribution in [0.2, 0.25) is 0 Å². The van der Waals surface area contributed by atoms with Crippen molar-refractivity contribution in [2.45, 2.75) is 19.9 Å². The van der Waals surface area contributed by atoms with E-state index < -0.39 is 5.97 Å². The van der Waals surface area contributed by atoms with E-state index >= 15 is 0 Å². The lowest BCUT2D eigenvalue weighted by Crippen LogP contribution is -3.00. The number of hydrogen-bond acceptors (Lipinski definition) is 5. The van der Waals surface area contributed by atoms with Gasteiger partial charge < -0.3 is 32.5 Å². The first-order valence-corrected chi connectivity index (χ1v) is 6.86. The number of aryl methyl sites for hydroxylation is 1. The van der Waals surface area contributed by atoms with Crippen molar-refractivity contribution in [3.63, 3.8) is 0 Å². The van der Waals surface area contributed by atoms with Crippen LogP contribution in [0.15, 0.2) is 36.5 Å². The summed E-state index contributed by atoms with van der Waals surface area (Å²) in [7, 11) is 0. The number of rotatable bonds is 5. The summed E-state index contributed by atoms with van der Waals surface area (Å²) in [5, 5.41) is 28.1. The van der Waals surface area contributed by atoms with Crippen LogP contribution in [0.1, 0.15) is 22.5 Å². The van der Waals surface area contributed by atoms with Gasteiger partial charge in [0.05, 0.1) is 12.2 Å². The highest BCUT2D eigenvalue weighted by molar-refractivity contribution is 5.89.